The number of amides is 2. The summed E-state index contributed by atoms with van der Waals surface area (Å²) in [5.74, 6) is -0.358. The van der Waals surface area contributed by atoms with Gasteiger partial charge in [-0.25, -0.2) is 8.42 Å². The first-order valence-corrected chi connectivity index (χ1v) is 17.3. The fraction of sp³-hybridized carbons (Fsp3) is 0.412. The fourth-order valence-electron chi connectivity index (χ4n) is 5.71. The van der Waals surface area contributed by atoms with Gasteiger partial charge in [-0.1, -0.05) is 91.5 Å². The van der Waals surface area contributed by atoms with Gasteiger partial charge in [-0.15, -0.1) is 0 Å². The smallest absolute Gasteiger partial charge is 0.243 e. The Morgan fingerprint density at radius 3 is 2.21 bits per heavy atom. The third kappa shape index (κ3) is 9.57. The van der Waals surface area contributed by atoms with E-state index in [4.69, 9.17) is 11.6 Å². The van der Waals surface area contributed by atoms with E-state index in [1.54, 1.807) is 29.2 Å². The number of carbonyl (C=O) groups is 2. The molecule has 230 valence electrons. The molecule has 0 aromatic heterocycles. The van der Waals surface area contributed by atoms with Gasteiger partial charge in [-0.2, -0.15) is 0 Å². The normalized spacial score (nSPS) is 14.6. The van der Waals surface area contributed by atoms with E-state index in [2.05, 4.69) is 5.32 Å². The summed E-state index contributed by atoms with van der Waals surface area (Å²) < 4.78 is 26.8. The first kappa shape index (κ1) is 32.6. The van der Waals surface area contributed by atoms with Crippen molar-refractivity contribution in [2.75, 3.05) is 17.1 Å². The summed E-state index contributed by atoms with van der Waals surface area (Å²) in [5.41, 5.74) is 3.26. The van der Waals surface area contributed by atoms with E-state index in [-0.39, 0.29) is 37.4 Å². The van der Waals surface area contributed by atoms with Gasteiger partial charge in [0.1, 0.15) is 6.04 Å². The number of carbonyl (C=O) groups excluding carboxylic acids is 2. The Morgan fingerprint density at radius 2 is 1.56 bits per heavy atom. The highest BCUT2D eigenvalue weighted by molar-refractivity contribution is 7.92. The second-order valence-electron chi connectivity index (χ2n) is 11.4. The van der Waals surface area contributed by atoms with E-state index in [0.29, 0.717) is 23.6 Å². The van der Waals surface area contributed by atoms with Crippen molar-refractivity contribution in [1.29, 1.82) is 0 Å². The minimum atomic E-state index is -3.57. The number of benzene rings is 3. The van der Waals surface area contributed by atoms with E-state index >= 15 is 0 Å². The predicted octanol–water partition coefficient (Wildman–Crippen LogP) is 6.28. The molecule has 1 aliphatic carbocycles. The van der Waals surface area contributed by atoms with E-state index < -0.39 is 16.1 Å². The second-order valence-corrected chi connectivity index (χ2v) is 13.8. The van der Waals surface area contributed by atoms with Gasteiger partial charge in [0.2, 0.25) is 21.8 Å². The summed E-state index contributed by atoms with van der Waals surface area (Å²) >= 11 is 6.14. The molecule has 1 atom stereocenters. The van der Waals surface area contributed by atoms with Crippen molar-refractivity contribution >= 4 is 39.1 Å². The molecule has 3 aromatic carbocycles. The van der Waals surface area contributed by atoms with Crippen molar-refractivity contribution in [1.82, 2.24) is 10.2 Å². The summed E-state index contributed by atoms with van der Waals surface area (Å²) in [4.78, 5) is 29.6. The van der Waals surface area contributed by atoms with Crippen LogP contribution in [0.1, 0.15) is 61.6 Å². The lowest BCUT2D eigenvalue weighted by molar-refractivity contribution is -0.141. The van der Waals surface area contributed by atoms with E-state index in [9.17, 15) is 18.0 Å². The highest BCUT2D eigenvalue weighted by Gasteiger charge is 2.32. The number of hydrogen-bond acceptors (Lipinski definition) is 4. The maximum atomic E-state index is 14.0. The molecule has 0 unspecified atom stereocenters. The van der Waals surface area contributed by atoms with E-state index in [0.717, 1.165) is 42.4 Å². The summed E-state index contributed by atoms with van der Waals surface area (Å²) in [6, 6.07) is 23.7. The Bertz CT molecular complexity index is 1460. The Morgan fingerprint density at radius 1 is 0.907 bits per heavy atom. The molecule has 43 heavy (non-hydrogen) atoms. The molecule has 9 heteroatoms. The van der Waals surface area contributed by atoms with Crippen LogP contribution in [0.5, 0.6) is 0 Å². The minimum absolute atomic E-state index is 0.0908. The number of anilines is 1. The minimum Gasteiger partial charge on any atom is -0.352 e. The van der Waals surface area contributed by atoms with Crippen LogP contribution in [-0.2, 0) is 32.6 Å². The summed E-state index contributed by atoms with van der Waals surface area (Å²) in [6.07, 6.45) is 7.17. The van der Waals surface area contributed by atoms with Gasteiger partial charge in [0.25, 0.3) is 0 Å². The van der Waals surface area contributed by atoms with Gasteiger partial charge >= 0.3 is 0 Å². The second kappa shape index (κ2) is 15.4. The number of rotatable bonds is 13. The number of nitrogens with zero attached hydrogens (tertiary/aromatic N) is 2. The molecule has 0 bridgehead atoms. The number of halogens is 1. The third-order valence-electron chi connectivity index (χ3n) is 8.03. The zero-order valence-electron chi connectivity index (χ0n) is 25.0. The standard InChI is InChI=1S/C34H42ClN3O4S/c1-26-12-9-10-17-31(26)38(43(2,41)42)23-11-18-33(39)37(25-28-19-21-29(35)22-20-28)32(24-27-13-5-3-6-14-27)34(40)36-30-15-7-4-8-16-30/h3,5-6,9-10,12-14,17,19-22,30,32H,4,7-8,11,15-16,18,23-25H2,1-2H3,(H,36,40)/t32-/m0/s1. The molecule has 1 saturated carbocycles. The van der Waals surface area contributed by atoms with Crippen molar-refractivity contribution in [3.63, 3.8) is 0 Å². The highest BCUT2D eigenvalue weighted by atomic mass is 35.5. The Hall–Kier alpha value is -3.36. The third-order valence-corrected chi connectivity index (χ3v) is 9.46. The van der Waals surface area contributed by atoms with Crippen molar-refractivity contribution in [3.8, 4) is 0 Å². The maximum Gasteiger partial charge on any atom is 0.243 e. The van der Waals surface area contributed by atoms with Crippen LogP contribution in [0, 0.1) is 6.92 Å². The van der Waals surface area contributed by atoms with Crippen LogP contribution in [0.2, 0.25) is 5.02 Å². The number of nitrogens with one attached hydrogen (secondary N) is 1. The van der Waals surface area contributed by atoms with E-state index in [1.165, 1.54) is 17.0 Å². The number of hydrogen-bond donors (Lipinski definition) is 1. The summed E-state index contributed by atoms with van der Waals surface area (Å²) in [6.45, 7) is 2.26. The SMILES string of the molecule is Cc1ccccc1N(CCCC(=O)N(Cc1ccc(Cl)cc1)[C@@H](Cc1ccccc1)C(=O)NC1CCCCC1)S(C)(=O)=O. The molecule has 1 aliphatic rings. The lowest BCUT2D eigenvalue weighted by atomic mass is 9.94. The Kier molecular flexibility index (Phi) is 11.7. The molecule has 0 heterocycles. The van der Waals surface area contributed by atoms with Crippen LogP contribution in [0.4, 0.5) is 5.69 Å². The van der Waals surface area contributed by atoms with Gasteiger partial charge in [0.15, 0.2) is 0 Å². The summed E-state index contributed by atoms with van der Waals surface area (Å²) in [7, 11) is -3.57. The molecule has 7 nitrogen and oxygen atoms in total. The average molecular weight is 624 g/mol. The maximum absolute atomic E-state index is 14.0. The van der Waals surface area contributed by atoms with Crippen molar-refractivity contribution in [2.24, 2.45) is 0 Å². The van der Waals surface area contributed by atoms with Gasteiger partial charge in [-0.05, 0) is 61.1 Å². The first-order valence-electron chi connectivity index (χ1n) is 15.0. The van der Waals surface area contributed by atoms with E-state index in [1.807, 2.05) is 61.5 Å². The van der Waals surface area contributed by atoms with Crippen LogP contribution in [0.3, 0.4) is 0 Å². The molecule has 3 aromatic rings. The number of para-hydroxylation sites is 1. The molecule has 2 amide bonds. The van der Waals surface area contributed by atoms with Gasteiger partial charge < -0.3 is 10.2 Å². The van der Waals surface area contributed by atoms with Crippen LogP contribution in [-0.4, -0.2) is 50.0 Å². The number of aryl methyl sites for hydroxylation is 1. The van der Waals surface area contributed by atoms with Gasteiger partial charge in [-0.3, -0.25) is 13.9 Å². The molecule has 0 spiro atoms. The Labute approximate surface area is 261 Å². The quantitative estimate of drug-likeness (QED) is 0.243. The monoisotopic (exact) mass is 623 g/mol. The topological polar surface area (TPSA) is 86.8 Å². The van der Waals surface area contributed by atoms with Crippen LogP contribution >= 0.6 is 11.6 Å². The van der Waals surface area contributed by atoms with Crippen LogP contribution in [0.25, 0.3) is 0 Å². The molecular weight excluding hydrogens is 582 g/mol. The lowest BCUT2D eigenvalue weighted by Gasteiger charge is -2.34. The largest absolute Gasteiger partial charge is 0.352 e. The molecule has 0 aliphatic heterocycles. The van der Waals surface area contributed by atoms with Crippen molar-refractivity contribution in [2.45, 2.75) is 76.9 Å². The molecular formula is C34H42ClN3O4S. The molecule has 1 N–H and O–H groups in total. The van der Waals surface area contributed by atoms with Crippen LogP contribution in [0.15, 0.2) is 78.9 Å². The number of sulfonamides is 1. The molecule has 0 radical (unpaired) electrons. The Balaban J connectivity index is 1.59. The van der Waals surface area contributed by atoms with Gasteiger partial charge in [0, 0.05) is 37.0 Å². The van der Waals surface area contributed by atoms with Crippen molar-refractivity contribution < 1.29 is 18.0 Å². The van der Waals surface area contributed by atoms with Gasteiger partial charge in [0.05, 0.1) is 11.9 Å². The predicted molar refractivity (Wildman–Crippen MR) is 174 cm³/mol. The molecule has 0 saturated heterocycles. The zero-order chi connectivity index (χ0) is 30.8. The summed E-state index contributed by atoms with van der Waals surface area (Å²) in [5, 5.41) is 3.84. The first-order chi connectivity index (χ1) is 20.6. The fourth-order valence-corrected chi connectivity index (χ4v) is 6.86. The highest BCUT2D eigenvalue weighted by Crippen LogP contribution is 2.24. The zero-order valence-corrected chi connectivity index (χ0v) is 26.6. The molecule has 4 rings (SSSR count). The lowest BCUT2D eigenvalue weighted by Crippen LogP contribution is -2.52. The average Bonchev–Trinajstić information content (AvgIpc) is 2.99. The molecule has 1 fully saturated rings. The van der Waals surface area contributed by atoms with Crippen LogP contribution < -0.4 is 9.62 Å². The van der Waals surface area contributed by atoms with Crippen molar-refractivity contribution in [3.05, 3.63) is 101 Å².